The fourth-order valence-corrected chi connectivity index (χ4v) is 5.30. The Morgan fingerprint density at radius 1 is 1.14 bits per heavy atom. The van der Waals surface area contributed by atoms with E-state index in [1.807, 2.05) is 30.3 Å². The number of carbonyl (C=O) groups excluding carboxylic acids is 1. The van der Waals surface area contributed by atoms with Crippen LogP contribution in [0.3, 0.4) is 0 Å². The summed E-state index contributed by atoms with van der Waals surface area (Å²) in [4.78, 5) is 11.8. The zero-order valence-corrected chi connectivity index (χ0v) is 17.2. The molecular formula is C19H16ClNO6S2. The molecule has 152 valence electrons. The molecule has 0 unspecified atom stereocenters. The van der Waals surface area contributed by atoms with E-state index < -0.39 is 21.7 Å². The molecule has 0 aliphatic carbocycles. The van der Waals surface area contributed by atoms with Gasteiger partial charge in [-0.05, 0) is 23.8 Å². The molecule has 10 heteroatoms. The van der Waals surface area contributed by atoms with Crippen molar-refractivity contribution in [1.29, 1.82) is 0 Å². The van der Waals surface area contributed by atoms with Gasteiger partial charge >= 0.3 is 5.97 Å². The van der Waals surface area contributed by atoms with Crippen molar-refractivity contribution in [1.82, 2.24) is 0 Å². The number of phenols is 1. The average molecular weight is 454 g/mol. The molecule has 1 aromatic heterocycles. The summed E-state index contributed by atoms with van der Waals surface area (Å²) in [5, 5.41) is 18.7. The summed E-state index contributed by atoms with van der Waals surface area (Å²) >= 11 is 7.14. The number of thiophene rings is 1. The lowest BCUT2D eigenvalue weighted by Crippen LogP contribution is -2.12. The molecule has 0 radical (unpaired) electrons. The quantitative estimate of drug-likeness (QED) is 0.470. The van der Waals surface area contributed by atoms with Crippen LogP contribution < -0.4 is 4.72 Å². The van der Waals surface area contributed by atoms with Crippen molar-refractivity contribution in [3.05, 3.63) is 64.5 Å². The first kappa shape index (κ1) is 21.1. The Hall–Kier alpha value is -2.59. The topological polar surface area (TPSA) is 113 Å². The Morgan fingerprint density at radius 3 is 2.52 bits per heavy atom. The van der Waals surface area contributed by atoms with Gasteiger partial charge in [-0.15, -0.1) is 11.3 Å². The molecule has 0 atom stereocenters. The van der Waals surface area contributed by atoms with Crippen molar-refractivity contribution < 1.29 is 28.2 Å². The highest BCUT2D eigenvalue weighted by Gasteiger charge is 2.22. The highest BCUT2D eigenvalue weighted by Crippen LogP contribution is 2.38. The first-order valence-corrected chi connectivity index (χ1v) is 11.0. The van der Waals surface area contributed by atoms with Gasteiger partial charge in [0.25, 0.3) is 10.0 Å². The summed E-state index contributed by atoms with van der Waals surface area (Å²) in [6, 6.07) is 14.3. The average Bonchev–Trinajstić information content (AvgIpc) is 3.09. The minimum Gasteiger partial charge on any atom is -0.507 e. The summed E-state index contributed by atoms with van der Waals surface area (Å²) in [7, 11) is -3.96. The molecule has 3 rings (SSSR count). The number of benzene rings is 2. The summed E-state index contributed by atoms with van der Waals surface area (Å²) in [6.07, 6.45) is 0. The predicted octanol–water partition coefficient (Wildman–Crippen LogP) is 3.72. The minimum atomic E-state index is -3.96. The molecule has 0 saturated carbocycles. The number of nitrogens with one attached hydrogen (secondary N) is 1. The van der Waals surface area contributed by atoms with Crippen LogP contribution in [0.2, 0.25) is 4.34 Å². The van der Waals surface area contributed by atoms with Crippen LogP contribution in [0.15, 0.2) is 58.8 Å². The van der Waals surface area contributed by atoms with Gasteiger partial charge < -0.3 is 14.9 Å². The first-order chi connectivity index (χ1) is 13.8. The lowest BCUT2D eigenvalue weighted by atomic mass is 10.1. The summed E-state index contributed by atoms with van der Waals surface area (Å²) in [6.45, 7) is -0.561. The zero-order valence-electron chi connectivity index (χ0n) is 14.8. The Labute approximate surface area is 176 Å². The van der Waals surface area contributed by atoms with Crippen LogP contribution in [0.5, 0.6) is 5.75 Å². The van der Waals surface area contributed by atoms with E-state index in [0.717, 1.165) is 23.0 Å². The normalized spacial score (nSPS) is 11.2. The number of ether oxygens (including phenoxy) is 1. The Kier molecular flexibility index (Phi) is 6.43. The van der Waals surface area contributed by atoms with Gasteiger partial charge in [0.1, 0.15) is 26.5 Å². The molecule has 0 bridgehead atoms. The summed E-state index contributed by atoms with van der Waals surface area (Å²) < 4.78 is 32.8. The number of carbonyl (C=O) groups is 1. The second kappa shape index (κ2) is 8.83. The van der Waals surface area contributed by atoms with E-state index in [1.165, 1.54) is 18.2 Å². The summed E-state index contributed by atoms with van der Waals surface area (Å²) in [5.41, 5.74) is 1.31. The molecular weight excluding hydrogens is 438 g/mol. The van der Waals surface area contributed by atoms with Crippen LogP contribution in [-0.2, 0) is 14.8 Å². The van der Waals surface area contributed by atoms with E-state index in [9.17, 15) is 18.3 Å². The summed E-state index contributed by atoms with van der Waals surface area (Å²) in [5.74, 6) is -1.29. The third-order valence-electron chi connectivity index (χ3n) is 3.81. The van der Waals surface area contributed by atoms with Crippen LogP contribution >= 0.6 is 22.9 Å². The number of halogens is 1. The number of anilines is 1. The number of hydrogen-bond donors (Lipinski definition) is 3. The predicted molar refractivity (Wildman–Crippen MR) is 111 cm³/mol. The SMILES string of the molecule is O=C(OCCO)c1ccc(NS(=O)(=O)c2cc(-c3ccccc3)c(Cl)s2)cc1O. The van der Waals surface area contributed by atoms with Crippen LogP contribution in [0.1, 0.15) is 10.4 Å². The van der Waals surface area contributed by atoms with Crippen molar-refractivity contribution in [2.45, 2.75) is 4.21 Å². The molecule has 7 nitrogen and oxygen atoms in total. The number of sulfonamides is 1. The van der Waals surface area contributed by atoms with E-state index >= 15 is 0 Å². The van der Waals surface area contributed by atoms with Gasteiger partial charge in [0, 0.05) is 11.6 Å². The molecule has 1 heterocycles. The third-order valence-corrected chi connectivity index (χ3v) is 7.02. The van der Waals surface area contributed by atoms with Crippen molar-refractivity contribution in [2.75, 3.05) is 17.9 Å². The lowest BCUT2D eigenvalue weighted by Gasteiger charge is -2.09. The fourth-order valence-electron chi connectivity index (χ4n) is 2.48. The minimum absolute atomic E-state index is 0.00674. The maximum absolute atomic E-state index is 12.7. The largest absolute Gasteiger partial charge is 0.507 e. The second-order valence-corrected chi connectivity index (χ2v) is 9.38. The molecule has 0 aliphatic heterocycles. The molecule has 0 fully saturated rings. The number of phenolic OH excluding ortho intramolecular Hbond substituents is 1. The molecule has 0 saturated heterocycles. The van der Waals surface area contributed by atoms with E-state index in [1.54, 1.807) is 0 Å². The van der Waals surface area contributed by atoms with Gasteiger partial charge in [-0.25, -0.2) is 13.2 Å². The monoisotopic (exact) mass is 453 g/mol. The standard InChI is InChI=1S/C19H16ClNO6S2/c20-18-15(12-4-2-1-3-5-12)11-17(28-18)29(25,26)21-13-6-7-14(16(23)10-13)19(24)27-9-8-22/h1-7,10-11,21-23H,8-9H2. The van der Waals surface area contributed by atoms with Gasteiger partial charge in [-0.1, -0.05) is 41.9 Å². The van der Waals surface area contributed by atoms with E-state index in [2.05, 4.69) is 4.72 Å². The van der Waals surface area contributed by atoms with Crippen molar-refractivity contribution in [3.63, 3.8) is 0 Å². The number of aliphatic hydroxyl groups excluding tert-OH is 1. The third kappa shape index (κ3) is 4.88. The highest BCUT2D eigenvalue weighted by atomic mass is 35.5. The van der Waals surface area contributed by atoms with Crippen molar-refractivity contribution in [2.24, 2.45) is 0 Å². The van der Waals surface area contributed by atoms with Crippen molar-refractivity contribution >= 4 is 44.6 Å². The van der Waals surface area contributed by atoms with Crippen LogP contribution in [0, 0.1) is 0 Å². The van der Waals surface area contributed by atoms with Gasteiger partial charge in [0.2, 0.25) is 0 Å². The second-order valence-electron chi connectivity index (χ2n) is 5.82. The fraction of sp³-hybridized carbons (Fsp3) is 0.105. The van der Waals surface area contributed by atoms with Crippen molar-refractivity contribution in [3.8, 4) is 16.9 Å². The first-order valence-electron chi connectivity index (χ1n) is 8.30. The van der Waals surface area contributed by atoms with Crippen LogP contribution in [-0.4, -0.2) is 37.8 Å². The smallest absolute Gasteiger partial charge is 0.341 e. The molecule has 29 heavy (non-hydrogen) atoms. The molecule has 0 spiro atoms. The molecule has 3 N–H and O–H groups in total. The molecule has 2 aromatic carbocycles. The molecule has 0 amide bonds. The zero-order chi connectivity index (χ0) is 21.0. The number of rotatable bonds is 7. The maximum Gasteiger partial charge on any atom is 0.341 e. The van der Waals surface area contributed by atoms with Crippen LogP contribution in [0.25, 0.3) is 11.1 Å². The number of aliphatic hydroxyl groups is 1. The van der Waals surface area contributed by atoms with Gasteiger partial charge in [0.05, 0.1) is 12.3 Å². The lowest BCUT2D eigenvalue weighted by molar-refractivity contribution is 0.0430. The van der Waals surface area contributed by atoms with E-state index in [4.69, 9.17) is 21.4 Å². The Balaban J connectivity index is 1.83. The Bertz CT molecular complexity index is 1130. The van der Waals surface area contributed by atoms with Gasteiger partial charge in [-0.3, -0.25) is 4.72 Å². The number of aromatic hydroxyl groups is 1. The van der Waals surface area contributed by atoms with Gasteiger partial charge in [0.15, 0.2) is 0 Å². The molecule has 0 aliphatic rings. The highest BCUT2D eigenvalue weighted by molar-refractivity contribution is 7.94. The van der Waals surface area contributed by atoms with Gasteiger partial charge in [-0.2, -0.15) is 0 Å². The number of hydrogen-bond acceptors (Lipinski definition) is 7. The van der Waals surface area contributed by atoms with E-state index in [-0.39, 0.29) is 28.7 Å². The van der Waals surface area contributed by atoms with E-state index in [0.29, 0.717) is 9.90 Å². The molecule has 3 aromatic rings. The number of esters is 1. The van der Waals surface area contributed by atoms with Crippen LogP contribution in [0.4, 0.5) is 5.69 Å². The maximum atomic E-state index is 12.7. The Morgan fingerprint density at radius 2 is 1.86 bits per heavy atom.